The van der Waals surface area contributed by atoms with E-state index in [2.05, 4.69) is 25.2 Å². The topological polar surface area (TPSA) is 49.4 Å². The van der Waals surface area contributed by atoms with E-state index in [0.29, 0.717) is 12.5 Å². The van der Waals surface area contributed by atoms with Crippen LogP contribution in [-0.2, 0) is 9.59 Å². The number of amides is 2. The van der Waals surface area contributed by atoms with Crippen LogP contribution < -0.4 is 10.2 Å². The Morgan fingerprint density at radius 3 is 2.65 bits per heavy atom. The van der Waals surface area contributed by atoms with Crippen LogP contribution in [0.25, 0.3) is 0 Å². The summed E-state index contributed by atoms with van der Waals surface area (Å²) in [4.78, 5) is 28.3. The van der Waals surface area contributed by atoms with Gasteiger partial charge in [0.15, 0.2) is 0 Å². The lowest BCUT2D eigenvalue weighted by Crippen LogP contribution is -2.37. The van der Waals surface area contributed by atoms with Gasteiger partial charge in [0.05, 0.1) is 12.0 Å². The summed E-state index contributed by atoms with van der Waals surface area (Å²) < 4.78 is 0. The smallest absolute Gasteiger partial charge is 0.227 e. The largest absolute Gasteiger partial charge is 0.348 e. The molecule has 1 aliphatic rings. The molecule has 0 aliphatic carbocycles. The molecule has 2 heterocycles. The van der Waals surface area contributed by atoms with Crippen LogP contribution in [0.2, 0.25) is 0 Å². The Morgan fingerprint density at radius 2 is 2.00 bits per heavy atom. The highest BCUT2D eigenvalue weighted by molar-refractivity contribution is 7.10. The number of anilines is 1. The maximum atomic E-state index is 12.8. The Labute approximate surface area is 159 Å². The molecule has 2 aromatic rings. The molecule has 0 radical (unpaired) electrons. The summed E-state index contributed by atoms with van der Waals surface area (Å²) in [7, 11) is 0. The third kappa shape index (κ3) is 3.68. The molecule has 1 aromatic carbocycles. The van der Waals surface area contributed by atoms with Gasteiger partial charge in [-0.15, -0.1) is 11.3 Å². The number of hydrogen-bond acceptors (Lipinski definition) is 3. The van der Waals surface area contributed by atoms with E-state index < -0.39 is 0 Å². The summed E-state index contributed by atoms with van der Waals surface area (Å²) in [6.07, 6.45) is 0.272. The number of nitrogens with zero attached hydrogens (tertiary/aromatic N) is 1. The van der Waals surface area contributed by atoms with Crippen molar-refractivity contribution in [3.63, 3.8) is 0 Å². The van der Waals surface area contributed by atoms with Gasteiger partial charge < -0.3 is 10.2 Å². The van der Waals surface area contributed by atoms with E-state index in [1.165, 1.54) is 0 Å². The van der Waals surface area contributed by atoms with E-state index in [1.54, 1.807) is 16.2 Å². The van der Waals surface area contributed by atoms with Gasteiger partial charge in [0.2, 0.25) is 11.8 Å². The van der Waals surface area contributed by atoms with Crippen molar-refractivity contribution in [2.75, 3.05) is 11.4 Å². The molecule has 0 bridgehead atoms. The van der Waals surface area contributed by atoms with Crippen molar-refractivity contribution in [1.82, 2.24) is 5.32 Å². The van der Waals surface area contributed by atoms with E-state index in [-0.39, 0.29) is 30.2 Å². The Hall–Kier alpha value is -2.14. The molecule has 138 valence electrons. The second-order valence-corrected chi connectivity index (χ2v) is 8.35. The summed E-state index contributed by atoms with van der Waals surface area (Å²) in [5.41, 5.74) is 3.17. The zero-order valence-electron chi connectivity index (χ0n) is 15.8. The first-order valence-corrected chi connectivity index (χ1v) is 9.96. The highest BCUT2D eigenvalue weighted by Crippen LogP contribution is 2.31. The van der Waals surface area contributed by atoms with E-state index in [0.717, 1.165) is 21.7 Å². The number of carbonyl (C=O) groups excluding carboxylic acids is 2. The standard InChI is InChI=1S/C21H26N2O2S/c1-13(2)20(18-9-6-10-26-18)22-21(25)16-11-19(24)23(12-16)17-8-5-7-14(3)15(17)4/h5-10,13,16,20H,11-12H2,1-4H3,(H,22,25). The van der Waals surface area contributed by atoms with Gasteiger partial charge in [0.1, 0.15) is 0 Å². The summed E-state index contributed by atoms with van der Waals surface area (Å²) in [6, 6.07) is 10.0. The Bertz CT molecular complexity index is 798. The monoisotopic (exact) mass is 370 g/mol. The average Bonchev–Trinajstić information content (AvgIpc) is 3.24. The zero-order chi connectivity index (χ0) is 18.8. The molecule has 1 N–H and O–H groups in total. The van der Waals surface area contributed by atoms with Crippen LogP contribution >= 0.6 is 11.3 Å². The third-order valence-corrected chi connectivity index (χ3v) is 6.13. The van der Waals surface area contributed by atoms with Gasteiger partial charge in [0, 0.05) is 23.5 Å². The molecular formula is C21H26N2O2S. The fourth-order valence-electron chi connectivity index (χ4n) is 3.45. The molecule has 4 nitrogen and oxygen atoms in total. The van der Waals surface area contributed by atoms with Crippen molar-refractivity contribution < 1.29 is 9.59 Å². The minimum atomic E-state index is -0.302. The number of aryl methyl sites for hydroxylation is 1. The van der Waals surface area contributed by atoms with Gasteiger partial charge in [0.25, 0.3) is 0 Å². The van der Waals surface area contributed by atoms with Gasteiger partial charge in [-0.25, -0.2) is 0 Å². The molecule has 0 saturated carbocycles. The van der Waals surface area contributed by atoms with Gasteiger partial charge in [-0.2, -0.15) is 0 Å². The van der Waals surface area contributed by atoms with Crippen LogP contribution in [-0.4, -0.2) is 18.4 Å². The van der Waals surface area contributed by atoms with Gasteiger partial charge in [-0.05, 0) is 48.4 Å². The Kier molecular flexibility index (Phi) is 5.47. The number of rotatable bonds is 5. The summed E-state index contributed by atoms with van der Waals surface area (Å²) in [5.74, 6) is -0.0113. The first kappa shape index (κ1) is 18.6. The minimum absolute atomic E-state index is 0.00708. The van der Waals surface area contributed by atoms with Crippen LogP contribution in [0.3, 0.4) is 0 Å². The number of benzene rings is 1. The van der Waals surface area contributed by atoms with Crippen molar-refractivity contribution >= 4 is 28.8 Å². The third-order valence-electron chi connectivity index (χ3n) is 5.18. The van der Waals surface area contributed by atoms with E-state index in [9.17, 15) is 9.59 Å². The Morgan fingerprint density at radius 1 is 1.23 bits per heavy atom. The maximum Gasteiger partial charge on any atom is 0.227 e. The molecule has 5 heteroatoms. The van der Waals surface area contributed by atoms with Gasteiger partial charge in [-0.3, -0.25) is 9.59 Å². The lowest BCUT2D eigenvalue weighted by atomic mass is 10.0. The molecule has 1 fully saturated rings. The second kappa shape index (κ2) is 7.62. The maximum absolute atomic E-state index is 12.8. The minimum Gasteiger partial charge on any atom is -0.348 e. The van der Waals surface area contributed by atoms with Crippen molar-refractivity contribution in [3.05, 3.63) is 51.7 Å². The lowest BCUT2D eigenvalue weighted by Gasteiger charge is -2.23. The van der Waals surface area contributed by atoms with Gasteiger partial charge in [-0.1, -0.05) is 32.0 Å². The molecule has 2 atom stereocenters. The van der Waals surface area contributed by atoms with E-state index in [4.69, 9.17) is 0 Å². The lowest BCUT2D eigenvalue weighted by molar-refractivity contribution is -0.127. The number of hydrogen-bond donors (Lipinski definition) is 1. The van der Waals surface area contributed by atoms with Crippen molar-refractivity contribution in [2.24, 2.45) is 11.8 Å². The highest BCUT2D eigenvalue weighted by atomic mass is 32.1. The van der Waals surface area contributed by atoms with Crippen LogP contribution in [0, 0.1) is 25.7 Å². The number of nitrogens with one attached hydrogen (secondary N) is 1. The molecule has 1 saturated heterocycles. The molecule has 2 amide bonds. The van der Waals surface area contributed by atoms with Crippen molar-refractivity contribution in [1.29, 1.82) is 0 Å². The van der Waals surface area contributed by atoms with Crippen molar-refractivity contribution in [3.8, 4) is 0 Å². The predicted octanol–water partition coefficient (Wildman–Crippen LogP) is 4.23. The predicted molar refractivity (Wildman–Crippen MR) is 106 cm³/mol. The summed E-state index contributed by atoms with van der Waals surface area (Å²) in [6.45, 7) is 8.72. The Balaban J connectivity index is 1.73. The van der Waals surface area contributed by atoms with Crippen LogP contribution in [0.1, 0.15) is 42.3 Å². The molecule has 3 rings (SSSR count). The quantitative estimate of drug-likeness (QED) is 0.856. The number of carbonyl (C=O) groups is 2. The molecule has 1 aromatic heterocycles. The van der Waals surface area contributed by atoms with Crippen LogP contribution in [0.5, 0.6) is 0 Å². The van der Waals surface area contributed by atoms with Gasteiger partial charge >= 0.3 is 0 Å². The fourth-order valence-corrected chi connectivity index (χ4v) is 4.40. The highest BCUT2D eigenvalue weighted by Gasteiger charge is 2.36. The molecule has 26 heavy (non-hydrogen) atoms. The van der Waals surface area contributed by atoms with E-state index >= 15 is 0 Å². The molecule has 2 unspecified atom stereocenters. The fraction of sp³-hybridized carbons (Fsp3) is 0.429. The second-order valence-electron chi connectivity index (χ2n) is 7.37. The summed E-state index contributed by atoms with van der Waals surface area (Å²) >= 11 is 1.65. The first-order valence-electron chi connectivity index (χ1n) is 9.08. The van der Waals surface area contributed by atoms with Crippen LogP contribution in [0.4, 0.5) is 5.69 Å². The zero-order valence-corrected chi connectivity index (χ0v) is 16.6. The molecule has 0 spiro atoms. The number of thiophene rings is 1. The normalized spacial score (nSPS) is 18.4. The van der Waals surface area contributed by atoms with E-state index in [1.807, 2.05) is 43.5 Å². The SMILES string of the molecule is Cc1cccc(N2CC(C(=O)NC(c3cccs3)C(C)C)CC2=O)c1C. The van der Waals surface area contributed by atoms with Crippen molar-refractivity contribution in [2.45, 2.75) is 40.2 Å². The first-order chi connectivity index (χ1) is 12.4. The molecular weight excluding hydrogens is 344 g/mol. The average molecular weight is 371 g/mol. The van der Waals surface area contributed by atoms with Crippen LogP contribution in [0.15, 0.2) is 35.7 Å². The summed E-state index contributed by atoms with van der Waals surface area (Å²) in [5, 5.41) is 5.20. The molecule has 1 aliphatic heterocycles.